The lowest BCUT2D eigenvalue weighted by atomic mass is 10.2. The number of amides is 1. The molecule has 0 spiro atoms. The number of aliphatic hydroxyl groups excluding tert-OH is 1. The maximum Gasteiger partial charge on any atom is 0.222 e. The molecule has 0 aromatic carbocycles. The van der Waals surface area contributed by atoms with Crippen molar-refractivity contribution in [3.8, 4) is 0 Å². The summed E-state index contributed by atoms with van der Waals surface area (Å²) in [5.74, 6) is 0.0461. The van der Waals surface area contributed by atoms with Gasteiger partial charge in [-0.1, -0.05) is 0 Å². The molecule has 1 unspecified atom stereocenters. The molecule has 1 heterocycles. The standard InChI is InChI=1S/C11H19N3O2/c1-9(15)4-5-11(16)13(2)7-10-6-12-14(3)8-10/h6,8-9,15H,4-5,7H2,1-3H3. The second-order valence-corrected chi connectivity index (χ2v) is 4.16. The molecule has 0 saturated heterocycles. The Bertz CT molecular complexity index is 347. The predicted octanol–water partition coefficient (Wildman–Crippen LogP) is 0.539. The molecule has 5 nitrogen and oxygen atoms in total. The second kappa shape index (κ2) is 5.65. The van der Waals surface area contributed by atoms with Gasteiger partial charge in [0.1, 0.15) is 0 Å². The lowest BCUT2D eigenvalue weighted by Gasteiger charge is -2.16. The van der Waals surface area contributed by atoms with E-state index in [0.717, 1.165) is 5.56 Å². The molecular formula is C11H19N3O2. The monoisotopic (exact) mass is 225 g/mol. The summed E-state index contributed by atoms with van der Waals surface area (Å²) in [6.07, 6.45) is 4.11. The maximum atomic E-state index is 11.6. The van der Waals surface area contributed by atoms with Gasteiger partial charge in [-0.25, -0.2) is 0 Å². The van der Waals surface area contributed by atoms with E-state index in [9.17, 15) is 4.79 Å². The topological polar surface area (TPSA) is 58.4 Å². The van der Waals surface area contributed by atoms with Crippen LogP contribution in [0.3, 0.4) is 0 Å². The number of carbonyl (C=O) groups excluding carboxylic acids is 1. The summed E-state index contributed by atoms with van der Waals surface area (Å²) >= 11 is 0. The van der Waals surface area contributed by atoms with Gasteiger partial charge in [0.2, 0.25) is 5.91 Å². The molecule has 0 aliphatic rings. The third-order valence-electron chi connectivity index (χ3n) is 2.38. The fourth-order valence-corrected chi connectivity index (χ4v) is 1.44. The number of aromatic nitrogens is 2. The van der Waals surface area contributed by atoms with E-state index in [1.54, 1.807) is 29.7 Å². The molecule has 1 aromatic heterocycles. The van der Waals surface area contributed by atoms with E-state index in [1.807, 2.05) is 13.2 Å². The van der Waals surface area contributed by atoms with E-state index < -0.39 is 6.10 Å². The Morgan fingerprint density at radius 3 is 2.88 bits per heavy atom. The maximum absolute atomic E-state index is 11.6. The number of aryl methyl sites for hydroxylation is 1. The van der Waals surface area contributed by atoms with Gasteiger partial charge < -0.3 is 10.0 Å². The van der Waals surface area contributed by atoms with Crippen molar-refractivity contribution in [3.05, 3.63) is 18.0 Å². The first-order valence-electron chi connectivity index (χ1n) is 5.38. The van der Waals surface area contributed by atoms with Crippen LogP contribution in [-0.4, -0.2) is 38.8 Å². The van der Waals surface area contributed by atoms with Gasteiger partial charge in [-0.2, -0.15) is 5.10 Å². The Morgan fingerprint density at radius 1 is 1.69 bits per heavy atom. The van der Waals surface area contributed by atoms with Crippen molar-refractivity contribution in [1.82, 2.24) is 14.7 Å². The molecule has 0 fully saturated rings. The van der Waals surface area contributed by atoms with Gasteiger partial charge in [0, 0.05) is 38.8 Å². The Labute approximate surface area is 95.7 Å². The molecule has 1 N–H and O–H groups in total. The third kappa shape index (κ3) is 4.02. The smallest absolute Gasteiger partial charge is 0.222 e. The molecule has 1 atom stereocenters. The van der Waals surface area contributed by atoms with E-state index in [-0.39, 0.29) is 5.91 Å². The molecule has 1 aromatic rings. The van der Waals surface area contributed by atoms with Gasteiger partial charge in [0.25, 0.3) is 0 Å². The van der Waals surface area contributed by atoms with Crippen LogP contribution in [0.25, 0.3) is 0 Å². The Morgan fingerprint density at radius 2 is 2.38 bits per heavy atom. The minimum absolute atomic E-state index is 0.0461. The largest absolute Gasteiger partial charge is 0.393 e. The number of carbonyl (C=O) groups is 1. The second-order valence-electron chi connectivity index (χ2n) is 4.16. The summed E-state index contributed by atoms with van der Waals surface area (Å²) in [6.45, 7) is 2.25. The molecule has 16 heavy (non-hydrogen) atoms. The molecule has 1 rings (SSSR count). The first-order chi connectivity index (χ1) is 7.49. The van der Waals surface area contributed by atoms with Crippen LogP contribution in [0.2, 0.25) is 0 Å². The molecule has 90 valence electrons. The van der Waals surface area contributed by atoms with E-state index >= 15 is 0 Å². The summed E-state index contributed by atoms with van der Waals surface area (Å²) < 4.78 is 1.71. The van der Waals surface area contributed by atoms with Crippen LogP contribution in [0.1, 0.15) is 25.3 Å². The molecule has 5 heteroatoms. The number of rotatable bonds is 5. The highest BCUT2D eigenvalue weighted by molar-refractivity contribution is 5.75. The number of aliphatic hydroxyl groups is 1. The highest BCUT2D eigenvalue weighted by Gasteiger charge is 2.10. The summed E-state index contributed by atoms with van der Waals surface area (Å²) in [4.78, 5) is 13.3. The van der Waals surface area contributed by atoms with Crippen molar-refractivity contribution in [2.75, 3.05) is 7.05 Å². The molecule has 0 radical (unpaired) electrons. The van der Waals surface area contributed by atoms with Crippen LogP contribution in [0.4, 0.5) is 0 Å². The van der Waals surface area contributed by atoms with Crippen molar-refractivity contribution in [3.63, 3.8) is 0 Å². The minimum Gasteiger partial charge on any atom is -0.393 e. The van der Waals surface area contributed by atoms with Crippen LogP contribution < -0.4 is 0 Å². The summed E-state index contributed by atoms with van der Waals surface area (Å²) in [6, 6.07) is 0. The molecule has 0 aliphatic heterocycles. The van der Waals surface area contributed by atoms with Crippen molar-refractivity contribution in [2.24, 2.45) is 7.05 Å². The first-order valence-corrected chi connectivity index (χ1v) is 5.38. The zero-order valence-electron chi connectivity index (χ0n) is 10.1. The van der Waals surface area contributed by atoms with Gasteiger partial charge >= 0.3 is 0 Å². The van der Waals surface area contributed by atoms with Crippen LogP contribution in [0.15, 0.2) is 12.4 Å². The van der Waals surface area contributed by atoms with Crippen molar-refractivity contribution < 1.29 is 9.90 Å². The van der Waals surface area contributed by atoms with E-state index in [2.05, 4.69) is 5.10 Å². The number of hydrogen-bond acceptors (Lipinski definition) is 3. The van der Waals surface area contributed by atoms with E-state index in [1.165, 1.54) is 0 Å². The van der Waals surface area contributed by atoms with Crippen molar-refractivity contribution in [2.45, 2.75) is 32.4 Å². The molecule has 0 bridgehead atoms. The number of nitrogens with zero attached hydrogens (tertiary/aromatic N) is 3. The zero-order valence-corrected chi connectivity index (χ0v) is 10.1. The van der Waals surface area contributed by atoms with Gasteiger partial charge in [0.05, 0.1) is 12.3 Å². The van der Waals surface area contributed by atoms with Gasteiger partial charge in [-0.05, 0) is 13.3 Å². The Kier molecular flexibility index (Phi) is 4.49. The summed E-state index contributed by atoms with van der Waals surface area (Å²) in [7, 11) is 3.61. The fraction of sp³-hybridized carbons (Fsp3) is 0.636. The minimum atomic E-state index is -0.421. The zero-order chi connectivity index (χ0) is 12.1. The van der Waals surface area contributed by atoms with Gasteiger partial charge in [0.15, 0.2) is 0 Å². The molecule has 0 aliphatic carbocycles. The molecule has 0 saturated carbocycles. The van der Waals surface area contributed by atoms with Gasteiger partial charge in [-0.15, -0.1) is 0 Å². The van der Waals surface area contributed by atoms with E-state index in [4.69, 9.17) is 5.11 Å². The average molecular weight is 225 g/mol. The average Bonchev–Trinajstić information content (AvgIpc) is 2.60. The quantitative estimate of drug-likeness (QED) is 0.795. The van der Waals surface area contributed by atoms with Crippen molar-refractivity contribution in [1.29, 1.82) is 0 Å². The predicted molar refractivity (Wildman–Crippen MR) is 60.6 cm³/mol. The highest BCUT2D eigenvalue weighted by Crippen LogP contribution is 2.05. The van der Waals surface area contributed by atoms with E-state index in [0.29, 0.717) is 19.4 Å². The van der Waals surface area contributed by atoms with Crippen LogP contribution in [0.5, 0.6) is 0 Å². The van der Waals surface area contributed by atoms with Crippen LogP contribution in [-0.2, 0) is 18.4 Å². The van der Waals surface area contributed by atoms with Crippen LogP contribution in [0, 0.1) is 0 Å². The molecule has 1 amide bonds. The fourth-order valence-electron chi connectivity index (χ4n) is 1.44. The van der Waals surface area contributed by atoms with Crippen molar-refractivity contribution >= 4 is 5.91 Å². The Balaban J connectivity index is 2.39. The lowest BCUT2D eigenvalue weighted by molar-refractivity contribution is -0.131. The SMILES string of the molecule is CC(O)CCC(=O)N(C)Cc1cnn(C)c1. The normalized spacial score (nSPS) is 12.5. The lowest BCUT2D eigenvalue weighted by Crippen LogP contribution is -2.26. The van der Waals surface area contributed by atoms with Gasteiger partial charge in [-0.3, -0.25) is 9.48 Å². The first kappa shape index (κ1) is 12.7. The highest BCUT2D eigenvalue weighted by atomic mass is 16.3. The van der Waals surface area contributed by atoms with Crippen LogP contribution >= 0.6 is 0 Å². The number of hydrogen-bond donors (Lipinski definition) is 1. The Hall–Kier alpha value is -1.36. The third-order valence-corrected chi connectivity index (χ3v) is 2.38. The summed E-state index contributed by atoms with van der Waals surface area (Å²) in [5, 5.41) is 13.1. The summed E-state index contributed by atoms with van der Waals surface area (Å²) in [5.41, 5.74) is 1.01. The molecular weight excluding hydrogens is 206 g/mol.